The summed E-state index contributed by atoms with van der Waals surface area (Å²) >= 11 is 0. The lowest BCUT2D eigenvalue weighted by Crippen LogP contribution is -2.28. The van der Waals surface area contributed by atoms with Gasteiger partial charge >= 0.3 is 5.97 Å². The molecule has 1 heterocycles. The van der Waals surface area contributed by atoms with E-state index in [1.807, 2.05) is 19.1 Å². The molecule has 0 unspecified atom stereocenters. The third-order valence-corrected chi connectivity index (χ3v) is 3.82. The van der Waals surface area contributed by atoms with Crippen molar-refractivity contribution >= 4 is 18.0 Å². The van der Waals surface area contributed by atoms with Crippen LogP contribution in [0.5, 0.6) is 11.5 Å². The normalized spacial score (nSPS) is 12.4. The molecule has 27 heavy (non-hydrogen) atoms. The summed E-state index contributed by atoms with van der Waals surface area (Å²) in [6.07, 6.45) is 2.98. The molecule has 0 spiro atoms. The number of esters is 1. The van der Waals surface area contributed by atoms with Crippen molar-refractivity contribution in [3.8, 4) is 11.5 Å². The Balaban J connectivity index is 1.86. The Kier molecular flexibility index (Phi) is 5.56. The van der Waals surface area contributed by atoms with Crippen molar-refractivity contribution in [3.05, 3.63) is 77.5 Å². The van der Waals surface area contributed by atoms with Crippen LogP contribution in [0.15, 0.2) is 60.8 Å². The van der Waals surface area contributed by atoms with Crippen LogP contribution in [0.4, 0.5) is 0 Å². The van der Waals surface area contributed by atoms with Gasteiger partial charge in [0.25, 0.3) is 5.91 Å². The number of aryl methyl sites for hydroxylation is 1. The largest absolute Gasteiger partial charge is 0.457 e. The minimum absolute atomic E-state index is 0.0151. The van der Waals surface area contributed by atoms with Crippen LogP contribution in [0, 0.1) is 6.92 Å². The van der Waals surface area contributed by atoms with Gasteiger partial charge in [0.1, 0.15) is 12.3 Å². The third kappa shape index (κ3) is 4.55. The lowest BCUT2D eigenvalue weighted by molar-refractivity contribution is -0.138. The van der Waals surface area contributed by atoms with E-state index >= 15 is 0 Å². The van der Waals surface area contributed by atoms with E-state index in [0.29, 0.717) is 22.6 Å². The second-order valence-electron chi connectivity index (χ2n) is 5.88. The number of carbonyl (C=O) groups is 2. The van der Waals surface area contributed by atoms with Crippen LogP contribution in [0.3, 0.4) is 0 Å². The lowest BCUT2D eigenvalue weighted by Gasteiger charge is -2.10. The average molecular weight is 365 g/mol. The summed E-state index contributed by atoms with van der Waals surface area (Å²) in [7, 11) is 0. The van der Waals surface area contributed by atoms with E-state index in [2.05, 4.69) is 11.9 Å². The number of hydrogen-bond donors (Lipinski definition) is 1. The van der Waals surface area contributed by atoms with Crippen LogP contribution < -0.4 is 14.8 Å². The zero-order chi connectivity index (χ0) is 19.2. The Bertz CT molecular complexity index is 899. The molecule has 0 atom stereocenters. The summed E-state index contributed by atoms with van der Waals surface area (Å²) in [4.78, 5) is 24.8. The first-order chi connectivity index (χ1) is 13.1. The summed E-state index contributed by atoms with van der Waals surface area (Å²) < 4.78 is 15.7. The predicted octanol–water partition coefficient (Wildman–Crippen LogP) is 3.22. The van der Waals surface area contributed by atoms with Gasteiger partial charge in [-0.25, -0.2) is 4.79 Å². The minimum atomic E-state index is -0.659. The molecule has 0 fully saturated rings. The molecule has 2 aromatic carbocycles. The number of nitrogens with one attached hydrogen (secondary N) is 1. The van der Waals surface area contributed by atoms with Crippen molar-refractivity contribution in [2.24, 2.45) is 0 Å². The summed E-state index contributed by atoms with van der Waals surface area (Å²) in [5, 5.41) is 2.62. The number of benzene rings is 2. The maximum atomic E-state index is 12.5. The molecule has 138 valence electrons. The minimum Gasteiger partial charge on any atom is -0.457 e. The fraction of sp³-hybridized carbons (Fsp3) is 0.143. The molecule has 1 aliphatic rings. The SMILES string of the molecule is C=CCOC(=O)/C(=C/c1ccc2c(c1)OCO2)NC(=O)c1ccc(C)cc1. The van der Waals surface area contributed by atoms with E-state index in [4.69, 9.17) is 14.2 Å². The van der Waals surface area contributed by atoms with Crippen molar-refractivity contribution in [1.82, 2.24) is 5.32 Å². The van der Waals surface area contributed by atoms with Crippen LogP contribution in [0.2, 0.25) is 0 Å². The fourth-order valence-corrected chi connectivity index (χ4v) is 2.43. The maximum absolute atomic E-state index is 12.5. The average Bonchev–Trinajstić information content (AvgIpc) is 3.13. The lowest BCUT2D eigenvalue weighted by atomic mass is 10.1. The second kappa shape index (κ2) is 8.23. The highest BCUT2D eigenvalue weighted by molar-refractivity contribution is 6.03. The van der Waals surface area contributed by atoms with E-state index in [1.165, 1.54) is 12.2 Å². The van der Waals surface area contributed by atoms with Crippen molar-refractivity contribution in [2.45, 2.75) is 6.92 Å². The van der Waals surface area contributed by atoms with Gasteiger partial charge in [0.15, 0.2) is 11.5 Å². The number of fused-ring (bicyclic) bond motifs is 1. The summed E-state index contributed by atoms with van der Waals surface area (Å²) in [5.41, 5.74) is 2.15. The zero-order valence-electron chi connectivity index (χ0n) is 14.9. The molecule has 6 heteroatoms. The highest BCUT2D eigenvalue weighted by Gasteiger charge is 2.17. The van der Waals surface area contributed by atoms with Crippen LogP contribution in [0.1, 0.15) is 21.5 Å². The Morgan fingerprint density at radius 2 is 1.89 bits per heavy atom. The van der Waals surface area contributed by atoms with E-state index in [9.17, 15) is 9.59 Å². The predicted molar refractivity (Wildman–Crippen MR) is 100 cm³/mol. The van der Waals surface area contributed by atoms with Crippen LogP contribution in [-0.2, 0) is 9.53 Å². The third-order valence-electron chi connectivity index (χ3n) is 3.82. The van der Waals surface area contributed by atoms with Gasteiger partial charge in [0, 0.05) is 5.56 Å². The van der Waals surface area contributed by atoms with E-state index < -0.39 is 11.9 Å². The number of carbonyl (C=O) groups excluding carboxylic acids is 2. The van der Waals surface area contributed by atoms with Gasteiger partial charge in [-0.2, -0.15) is 0 Å². The molecule has 0 saturated carbocycles. The Hall–Kier alpha value is -3.54. The first kappa shape index (κ1) is 18.3. The van der Waals surface area contributed by atoms with Gasteiger partial charge in [-0.1, -0.05) is 36.4 Å². The van der Waals surface area contributed by atoms with E-state index in [-0.39, 0.29) is 19.1 Å². The zero-order valence-corrected chi connectivity index (χ0v) is 14.9. The number of rotatable bonds is 6. The molecule has 0 aliphatic carbocycles. The molecule has 1 N–H and O–H groups in total. The second-order valence-corrected chi connectivity index (χ2v) is 5.88. The Morgan fingerprint density at radius 1 is 1.15 bits per heavy atom. The molecule has 1 aliphatic heterocycles. The standard InChI is InChI=1S/C21H19NO5/c1-3-10-25-21(24)17(22-20(23)16-7-4-14(2)5-8-16)11-15-6-9-18-19(12-15)27-13-26-18/h3-9,11-12H,1,10,13H2,2H3,(H,22,23)/b17-11-. The van der Waals surface area contributed by atoms with Gasteiger partial charge in [0.2, 0.25) is 6.79 Å². The van der Waals surface area contributed by atoms with E-state index in [0.717, 1.165) is 5.56 Å². The Morgan fingerprint density at radius 3 is 2.63 bits per heavy atom. The molecule has 0 saturated heterocycles. The van der Waals surface area contributed by atoms with Gasteiger partial charge in [-0.15, -0.1) is 0 Å². The van der Waals surface area contributed by atoms with Crippen molar-refractivity contribution < 1.29 is 23.8 Å². The monoisotopic (exact) mass is 365 g/mol. The van der Waals surface area contributed by atoms with Gasteiger partial charge < -0.3 is 19.5 Å². The molecule has 0 radical (unpaired) electrons. The van der Waals surface area contributed by atoms with Crippen LogP contribution in [0.25, 0.3) is 6.08 Å². The smallest absolute Gasteiger partial charge is 0.355 e. The first-order valence-corrected chi connectivity index (χ1v) is 8.34. The summed E-state index contributed by atoms with van der Waals surface area (Å²) in [6, 6.07) is 12.3. The Labute approximate surface area is 157 Å². The van der Waals surface area contributed by atoms with Crippen molar-refractivity contribution in [3.63, 3.8) is 0 Å². The fourth-order valence-electron chi connectivity index (χ4n) is 2.43. The number of ether oxygens (including phenoxy) is 3. The molecular formula is C21H19NO5. The van der Waals surface area contributed by atoms with Crippen molar-refractivity contribution in [2.75, 3.05) is 13.4 Å². The molecule has 0 aromatic heterocycles. The maximum Gasteiger partial charge on any atom is 0.355 e. The molecule has 1 amide bonds. The molecule has 0 bridgehead atoms. The van der Waals surface area contributed by atoms with Gasteiger partial charge in [0.05, 0.1) is 0 Å². The van der Waals surface area contributed by atoms with Gasteiger partial charge in [-0.05, 0) is 42.8 Å². The van der Waals surface area contributed by atoms with Gasteiger partial charge in [-0.3, -0.25) is 4.79 Å². The summed E-state index contributed by atoms with van der Waals surface area (Å²) in [6.45, 7) is 5.64. The molecule has 3 rings (SSSR count). The first-order valence-electron chi connectivity index (χ1n) is 8.34. The van der Waals surface area contributed by atoms with E-state index in [1.54, 1.807) is 30.3 Å². The molecule has 6 nitrogen and oxygen atoms in total. The van der Waals surface area contributed by atoms with Crippen molar-refractivity contribution in [1.29, 1.82) is 0 Å². The highest BCUT2D eigenvalue weighted by Crippen LogP contribution is 2.33. The highest BCUT2D eigenvalue weighted by atomic mass is 16.7. The quantitative estimate of drug-likeness (QED) is 0.483. The molecule has 2 aromatic rings. The summed E-state index contributed by atoms with van der Waals surface area (Å²) in [5.74, 6) is 0.143. The number of amides is 1. The topological polar surface area (TPSA) is 73.9 Å². The number of hydrogen-bond acceptors (Lipinski definition) is 5. The molecular weight excluding hydrogens is 346 g/mol. The van der Waals surface area contributed by atoms with Crippen LogP contribution >= 0.6 is 0 Å². The van der Waals surface area contributed by atoms with Crippen LogP contribution in [-0.4, -0.2) is 25.3 Å².